The molecule has 0 aliphatic heterocycles. The summed E-state index contributed by atoms with van der Waals surface area (Å²) in [5.74, 6) is -2.38. The lowest BCUT2D eigenvalue weighted by Gasteiger charge is -2.06. The van der Waals surface area contributed by atoms with Crippen molar-refractivity contribution in [1.82, 2.24) is 15.2 Å². The summed E-state index contributed by atoms with van der Waals surface area (Å²) in [6.45, 7) is 1.66. The Morgan fingerprint density at radius 3 is 2.68 bits per heavy atom. The molecular formula is C14H10F2N4O2. The van der Waals surface area contributed by atoms with Gasteiger partial charge in [-0.1, -0.05) is 6.07 Å². The lowest BCUT2D eigenvalue weighted by molar-refractivity contribution is 0.101. The minimum atomic E-state index is -0.945. The van der Waals surface area contributed by atoms with Crippen LogP contribution in [0.2, 0.25) is 0 Å². The van der Waals surface area contributed by atoms with Crippen molar-refractivity contribution >= 4 is 11.6 Å². The van der Waals surface area contributed by atoms with E-state index in [0.717, 1.165) is 12.1 Å². The van der Waals surface area contributed by atoms with Crippen LogP contribution >= 0.6 is 0 Å². The molecule has 3 aromatic rings. The Hall–Kier alpha value is -3.03. The highest BCUT2D eigenvalue weighted by Gasteiger charge is 2.20. The monoisotopic (exact) mass is 304 g/mol. The first-order chi connectivity index (χ1) is 10.6. The molecule has 112 valence electrons. The lowest BCUT2D eigenvalue weighted by atomic mass is 10.1. The second kappa shape index (κ2) is 5.40. The maximum absolute atomic E-state index is 13.6. The number of aromatic amines is 1. The Kier molecular flexibility index (Phi) is 3.42. The number of hydrogen-bond donors (Lipinski definition) is 2. The second-order valence-corrected chi connectivity index (χ2v) is 4.45. The van der Waals surface area contributed by atoms with Crippen LogP contribution in [0.4, 0.5) is 14.5 Å². The van der Waals surface area contributed by atoms with Gasteiger partial charge in [-0.25, -0.2) is 13.8 Å². The first kappa shape index (κ1) is 13.9. The number of oxazole rings is 1. The zero-order valence-corrected chi connectivity index (χ0v) is 11.4. The maximum Gasteiger partial charge on any atom is 0.261 e. The minimum absolute atomic E-state index is 0.237. The molecule has 0 fully saturated rings. The Morgan fingerprint density at radius 2 is 2.05 bits per heavy atom. The molecule has 0 atom stereocenters. The van der Waals surface area contributed by atoms with Gasteiger partial charge in [0.15, 0.2) is 5.89 Å². The zero-order chi connectivity index (χ0) is 15.7. The van der Waals surface area contributed by atoms with Gasteiger partial charge in [-0.15, -0.1) is 0 Å². The fourth-order valence-corrected chi connectivity index (χ4v) is 1.95. The van der Waals surface area contributed by atoms with E-state index in [1.807, 2.05) is 0 Å². The molecular weight excluding hydrogens is 294 g/mol. The van der Waals surface area contributed by atoms with Crippen molar-refractivity contribution < 1.29 is 18.0 Å². The minimum Gasteiger partial charge on any atom is -0.449 e. The summed E-state index contributed by atoms with van der Waals surface area (Å²) in [7, 11) is 0. The summed E-state index contributed by atoms with van der Waals surface area (Å²) in [6, 6.07) is 3.20. The van der Waals surface area contributed by atoms with Crippen molar-refractivity contribution in [2.75, 3.05) is 5.32 Å². The average molecular weight is 304 g/mol. The first-order valence-corrected chi connectivity index (χ1v) is 6.28. The van der Waals surface area contributed by atoms with Crippen LogP contribution in [0.1, 0.15) is 16.2 Å². The van der Waals surface area contributed by atoms with E-state index in [-0.39, 0.29) is 5.69 Å². The third-order valence-electron chi connectivity index (χ3n) is 2.94. The summed E-state index contributed by atoms with van der Waals surface area (Å²) >= 11 is 0. The number of H-pyrrole nitrogens is 1. The third kappa shape index (κ3) is 2.46. The van der Waals surface area contributed by atoms with Crippen LogP contribution < -0.4 is 5.32 Å². The van der Waals surface area contributed by atoms with E-state index in [1.165, 1.54) is 18.5 Å². The predicted molar refractivity (Wildman–Crippen MR) is 73.1 cm³/mol. The number of rotatable bonds is 3. The van der Waals surface area contributed by atoms with Crippen LogP contribution in [-0.4, -0.2) is 21.1 Å². The summed E-state index contributed by atoms with van der Waals surface area (Å²) < 4.78 is 32.3. The van der Waals surface area contributed by atoms with Gasteiger partial charge >= 0.3 is 0 Å². The quantitative estimate of drug-likeness (QED) is 0.779. The molecule has 2 aromatic heterocycles. The number of aryl methyl sites for hydroxylation is 1. The van der Waals surface area contributed by atoms with Crippen LogP contribution in [0, 0.1) is 18.6 Å². The van der Waals surface area contributed by atoms with Gasteiger partial charge in [0, 0.05) is 13.1 Å². The number of benzene rings is 1. The van der Waals surface area contributed by atoms with Crippen molar-refractivity contribution in [3.8, 4) is 11.4 Å². The molecule has 1 aromatic carbocycles. The van der Waals surface area contributed by atoms with Gasteiger partial charge in [0.25, 0.3) is 5.91 Å². The number of aromatic nitrogens is 3. The molecule has 0 unspecified atom stereocenters. The van der Waals surface area contributed by atoms with Crippen molar-refractivity contribution in [2.24, 2.45) is 0 Å². The fourth-order valence-electron chi connectivity index (χ4n) is 1.95. The maximum atomic E-state index is 13.6. The number of hydrogen-bond acceptors (Lipinski definition) is 4. The molecule has 0 radical (unpaired) electrons. The van der Waals surface area contributed by atoms with Crippen LogP contribution in [0.25, 0.3) is 11.4 Å². The molecule has 8 heteroatoms. The van der Waals surface area contributed by atoms with E-state index in [9.17, 15) is 13.6 Å². The molecule has 0 saturated heterocycles. The van der Waals surface area contributed by atoms with E-state index in [0.29, 0.717) is 17.3 Å². The SMILES string of the molecule is Cc1nc(-c2n[nH]cc2NC(=O)c2c(F)cccc2F)co1. The van der Waals surface area contributed by atoms with Gasteiger partial charge in [-0.3, -0.25) is 9.89 Å². The summed E-state index contributed by atoms with van der Waals surface area (Å²) in [5, 5.41) is 8.90. The Labute approximate surface area is 123 Å². The molecule has 22 heavy (non-hydrogen) atoms. The van der Waals surface area contributed by atoms with Gasteiger partial charge < -0.3 is 9.73 Å². The van der Waals surface area contributed by atoms with Crippen molar-refractivity contribution in [3.63, 3.8) is 0 Å². The molecule has 0 aliphatic carbocycles. The molecule has 0 bridgehead atoms. The molecule has 1 amide bonds. The van der Waals surface area contributed by atoms with Gasteiger partial charge in [-0.05, 0) is 12.1 Å². The van der Waals surface area contributed by atoms with E-state index in [4.69, 9.17) is 4.42 Å². The Morgan fingerprint density at radius 1 is 1.32 bits per heavy atom. The van der Waals surface area contributed by atoms with Crippen molar-refractivity contribution in [1.29, 1.82) is 0 Å². The van der Waals surface area contributed by atoms with Gasteiger partial charge in [0.1, 0.15) is 34.8 Å². The van der Waals surface area contributed by atoms with E-state index in [2.05, 4.69) is 20.5 Å². The van der Waals surface area contributed by atoms with Gasteiger partial charge in [0.05, 0.1) is 5.69 Å². The molecule has 0 saturated carbocycles. The van der Waals surface area contributed by atoms with Gasteiger partial charge in [0.2, 0.25) is 0 Å². The Bertz CT molecular complexity index is 821. The first-order valence-electron chi connectivity index (χ1n) is 6.28. The molecule has 0 spiro atoms. The highest BCUT2D eigenvalue weighted by molar-refractivity contribution is 6.06. The third-order valence-corrected chi connectivity index (χ3v) is 2.94. The smallest absolute Gasteiger partial charge is 0.261 e. The number of amides is 1. The van der Waals surface area contributed by atoms with E-state index < -0.39 is 23.1 Å². The number of nitrogens with zero attached hydrogens (tertiary/aromatic N) is 2. The normalized spacial score (nSPS) is 10.7. The Balaban J connectivity index is 1.91. The summed E-state index contributed by atoms with van der Waals surface area (Å²) in [6.07, 6.45) is 2.75. The number of carbonyl (C=O) groups excluding carboxylic acids is 1. The van der Waals surface area contributed by atoms with Crippen molar-refractivity contribution in [2.45, 2.75) is 6.92 Å². The summed E-state index contributed by atoms with van der Waals surface area (Å²) in [4.78, 5) is 16.1. The molecule has 3 rings (SSSR count). The standard InChI is InChI=1S/C14H10F2N4O2/c1-7-18-11(6-22-7)13-10(5-17-20-13)19-14(21)12-8(15)3-2-4-9(12)16/h2-6H,1H3,(H,17,20)(H,19,21). The number of carbonyl (C=O) groups is 1. The van der Waals surface area contributed by atoms with Crippen LogP contribution in [0.5, 0.6) is 0 Å². The van der Waals surface area contributed by atoms with Crippen LogP contribution in [-0.2, 0) is 0 Å². The van der Waals surface area contributed by atoms with Gasteiger partial charge in [-0.2, -0.15) is 5.10 Å². The average Bonchev–Trinajstić information content (AvgIpc) is 3.07. The highest BCUT2D eigenvalue weighted by atomic mass is 19.1. The molecule has 6 nitrogen and oxygen atoms in total. The number of anilines is 1. The van der Waals surface area contributed by atoms with Crippen LogP contribution in [0.3, 0.4) is 0 Å². The molecule has 2 heterocycles. The number of halogens is 2. The lowest BCUT2D eigenvalue weighted by Crippen LogP contribution is -2.16. The van der Waals surface area contributed by atoms with E-state index >= 15 is 0 Å². The largest absolute Gasteiger partial charge is 0.449 e. The molecule has 0 aliphatic rings. The molecule has 2 N–H and O–H groups in total. The second-order valence-electron chi connectivity index (χ2n) is 4.45. The van der Waals surface area contributed by atoms with Crippen molar-refractivity contribution in [3.05, 3.63) is 53.7 Å². The van der Waals surface area contributed by atoms with Crippen LogP contribution in [0.15, 0.2) is 35.1 Å². The number of nitrogens with one attached hydrogen (secondary N) is 2. The summed E-state index contributed by atoms with van der Waals surface area (Å²) in [5.41, 5.74) is 0.275. The topological polar surface area (TPSA) is 83.8 Å². The fraction of sp³-hybridized carbons (Fsp3) is 0.0714. The zero-order valence-electron chi connectivity index (χ0n) is 11.4. The predicted octanol–water partition coefficient (Wildman–Crippen LogP) is 2.90. The van der Waals surface area contributed by atoms with E-state index in [1.54, 1.807) is 6.92 Å². The highest BCUT2D eigenvalue weighted by Crippen LogP contribution is 2.25.